The third-order valence-electron chi connectivity index (χ3n) is 1.57. The van der Waals surface area contributed by atoms with Crippen LogP contribution in [0.3, 0.4) is 0 Å². The molecule has 3 nitrogen and oxygen atoms in total. The number of halogens is 2. The molecule has 0 unspecified atom stereocenters. The van der Waals surface area contributed by atoms with Gasteiger partial charge in [-0.3, -0.25) is 4.79 Å². The Hall–Kier alpha value is -0.580. The highest BCUT2D eigenvalue weighted by Gasteiger charge is 2.09. The standard InChI is InChI=1S/C9H9BrClNO2/c10-6-1-2-7(8(11)5-6)9(14)12-3-4-13/h1-2,5,13H,3-4H2,(H,12,14). The summed E-state index contributed by atoms with van der Waals surface area (Å²) in [5.74, 6) is -0.281. The normalized spacial score (nSPS) is 9.93. The van der Waals surface area contributed by atoms with Crippen LogP contribution >= 0.6 is 27.5 Å². The summed E-state index contributed by atoms with van der Waals surface area (Å²) in [6.07, 6.45) is 0. The van der Waals surface area contributed by atoms with E-state index >= 15 is 0 Å². The first-order valence-corrected chi connectivity index (χ1v) is 5.16. The van der Waals surface area contributed by atoms with Gasteiger partial charge < -0.3 is 10.4 Å². The average Bonchev–Trinajstić information content (AvgIpc) is 2.14. The number of nitrogens with one attached hydrogen (secondary N) is 1. The lowest BCUT2D eigenvalue weighted by atomic mass is 10.2. The van der Waals surface area contributed by atoms with Crippen LogP contribution in [0.25, 0.3) is 0 Å². The maximum Gasteiger partial charge on any atom is 0.252 e. The van der Waals surface area contributed by atoms with Crippen molar-refractivity contribution in [1.29, 1.82) is 0 Å². The summed E-state index contributed by atoms with van der Waals surface area (Å²) in [4.78, 5) is 11.4. The van der Waals surface area contributed by atoms with Crippen molar-refractivity contribution in [2.24, 2.45) is 0 Å². The van der Waals surface area contributed by atoms with Crippen molar-refractivity contribution in [1.82, 2.24) is 5.32 Å². The second-order valence-corrected chi connectivity index (χ2v) is 3.93. The number of amides is 1. The van der Waals surface area contributed by atoms with E-state index < -0.39 is 0 Å². The quantitative estimate of drug-likeness (QED) is 0.886. The van der Waals surface area contributed by atoms with Gasteiger partial charge >= 0.3 is 0 Å². The van der Waals surface area contributed by atoms with Crippen molar-refractivity contribution < 1.29 is 9.90 Å². The van der Waals surface area contributed by atoms with Gasteiger partial charge in [-0.1, -0.05) is 27.5 Å². The van der Waals surface area contributed by atoms with Crippen LogP contribution in [0.2, 0.25) is 5.02 Å². The SMILES string of the molecule is O=C(NCCO)c1ccc(Br)cc1Cl. The highest BCUT2D eigenvalue weighted by Crippen LogP contribution is 2.20. The van der Waals surface area contributed by atoms with Gasteiger partial charge in [0, 0.05) is 11.0 Å². The van der Waals surface area contributed by atoms with Crippen LogP contribution in [0.1, 0.15) is 10.4 Å². The third kappa shape index (κ3) is 2.97. The molecular weight excluding hydrogens is 269 g/mol. The van der Waals surface area contributed by atoms with Gasteiger partial charge in [-0.05, 0) is 18.2 Å². The second kappa shape index (κ2) is 5.34. The van der Waals surface area contributed by atoms with Crippen LogP contribution in [-0.2, 0) is 0 Å². The Bertz CT molecular complexity index is 344. The zero-order valence-electron chi connectivity index (χ0n) is 7.26. The van der Waals surface area contributed by atoms with Gasteiger partial charge in [-0.2, -0.15) is 0 Å². The van der Waals surface area contributed by atoms with Crippen LogP contribution in [-0.4, -0.2) is 24.2 Å². The van der Waals surface area contributed by atoms with E-state index in [0.717, 1.165) is 4.47 Å². The molecule has 0 fully saturated rings. The molecule has 5 heteroatoms. The largest absolute Gasteiger partial charge is 0.395 e. The van der Waals surface area contributed by atoms with Crippen LogP contribution in [0.5, 0.6) is 0 Å². The van der Waals surface area contributed by atoms with E-state index in [1.54, 1.807) is 18.2 Å². The van der Waals surface area contributed by atoms with Gasteiger partial charge in [-0.15, -0.1) is 0 Å². The van der Waals surface area contributed by atoms with Gasteiger partial charge in [0.05, 0.1) is 17.2 Å². The summed E-state index contributed by atoms with van der Waals surface area (Å²) in [6.45, 7) is 0.144. The zero-order chi connectivity index (χ0) is 10.6. The Morgan fingerprint density at radius 1 is 1.57 bits per heavy atom. The number of rotatable bonds is 3. The van der Waals surface area contributed by atoms with E-state index in [9.17, 15) is 4.79 Å². The Morgan fingerprint density at radius 3 is 2.86 bits per heavy atom. The monoisotopic (exact) mass is 277 g/mol. The van der Waals surface area contributed by atoms with Crippen molar-refractivity contribution in [2.45, 2.75) is 0 Å². The van der Waals surface area contributed by atoms with E-state index in [0.29, 0.717) is 10.6 Å². The first-order chi connectivity index (χ1) is 6.65. The molecule has 0 bridgehead atoms. The lowest BCUT2D eigenvalue weighted by molar-refractivity contribution is 0.0945. The number of benzene rings is 1. The predicted molar refractivity (Wildman–Crippen MR) is 58.6 cm³/mol. The van der Waals surface area contributed by atoms with Crippen LogP contribution in [0, 0.1) is 0 Å². The summed E-state index contributed by atoms with van der Waals surface area (Å²) in [7, 11) is 0. The maximum absolute atomic E-state index is 11.4. The molecule has 1 aromatic carbocycles. The van der Waals surface area contributed by atoms with E-state index in [1.165, 1.54) is 0 Å². The molecule has 0 aliphatic heterocycles. The minimum atomic E-state index is -0.281. The van der Waals surface area contributed by atoms with Gasteiger partial charge in [0.2, 0.25) is 0 Å². The van der Waals surface area contributed by atoms with Gasteiger partial charge in [0.15, 0.2) is 0 Å². The first kappa shape index (κ1) is 11.5. The molecule has 1 rings (SSSR count). The van der Waals surface area contributed by atoms with Gasteiger partial charge in [-0.25, -0.2) is 0 Å². The van der Waals surface area contributed by atoms with Crippen LogP contribution in [0.4, 0.5) is 0 Å². The van der Waals surface area contributed by atoms with E-state index in [4.69, 9.17) is 16.7 Å². The van der Waals surface area contributed by atoms with Gasteiger partial charge in [0.25, 0.3) is 5.91 Å². The summed E-state index contributed by atoms with van der Waals surface area (Å²) < 4.78 is 0.821. The smallest absolute Gasteiger partial charge is 0.252 e. The van der Waals surface area contributed by atoms with Crippen molar-refractivity contribution >= 4 is 33.4 Å². The molecule has 1 amide bonds. The Kier molecular flexibility index (Phi) is 4.38. The zero-order valence-corrected chi connectivity index (χ0v) is 9.60. The third-order valence-corrected chi connectivity index (χ3v) is 2.38. The fourth-order valence-corrected chi connectivity index (χ4v) is 1.70. The lowest BCUT2D eigenvalue weighted by Crippen LogP contribution is -2.26. The first-order valence-electron chi connectivity index (χ1n) is 3.99. The molecule has 0 spiro atoms. The number of carbonyl (C=O) groups is 1. The lowest BCUT2D eigenvalue weighted by Gasteiger charge is -2.05. The number of hydrogen-bond donors (Lipinski definition) is 2. The number of aliphatic hydroxyl groups is 1. The number of hydrogen-bond acceptors (Lipinski definition) is 2. The van der Waals surface area contributed by atoms with Crippen LogP contribution in [0.15, 0.2) is 22.7 Å². The molecule has 0 saturated heterocycles. The predicted octanol–water partition coefficient (Wildman–Crippen LogP) is 1.82. The van der Waals surface area contributed by atoms with Crippen LogP contribution < -0.4 is 5.32 Å². The summed E-state index contributed by atoms with van der Waals surface area (Å²) in [6, 6.07) is 5.01. The minimum Gasteiger partial charge on any atom is -0.395 e. The molecule has 0 radical (unpaired) electrons. The molecule has 0 aliphatic carbocycles. The maximum atomic E-state index is 11.4. The second-order valence-electron chi connectivity index (χ2n) is 2.60. The van der Waals surface area contributed by atoms with Crippen molar-refractivity contribution in [3.05, 3.63) is 33.3 Å². The molecule has 1 aromatic rings. The van der Waals surface area contributed by atoms with E-state index in [-0.39, 0.29) is 19.1 Å². The van der Waals surface area contributed by atoms with E-state index in [1.807, 2.05) is 0 Å². The van der Waals surface area contributed by atoms with Crippen molar-refractivity contribution in [2.75, 3.05) is 13.2 Å². The van der Waals surface area contributed by atoms with Crippen molar-refractivity contribution in [3.8, 4) is 0 Å². The number of aliphatic hydroxyl groups excluding tert-OH is 1. The summed E-state index contributed by atoms with van der Waals surface area (Å²) >= 11 is 9.09. The molecule has 0 aliphatic rings. The molecule has 14 heavy (non-hydrogen) atoms. The highest BCUT2D eigenvalue weighted by atomic mass is 79.9. The molecule has 2 N–H and O–H groups in total. The molecule has 0 saturated carbocycles. The van der Waals surface area contributed by atoms with Crippen molar-refractivity contribution in [3.63, 3.8) is 0 Å². The topological polar surface area (TPSA) is 49.3 Å². The molecule has 76 valence electrons. The average molecular weight is 279 g/mol. The summed E-state index contributed by atoms with van der Waals surface area (Å²) in [5.41, 5.74) is 0.406. The van der Waals surface area contributed by atoms with E-state index in [2.05, 4.69) is 21.2 Å². The molecule has 0 atom stereocenters. The highest BCUT2D eigenvalue weighted by molar-refractivity contribution is 9.10. The molecule has 0 aromatic heterocycles. The Balaban J connectivity index is 2.80. The summed E-state index contributed by atoms with van der Waals surface area (Å²) in [5, 5.41) is 11.4. The minimum absolute atomic E-state index is 0.0834. The fourth-order valence-electron chi connectivity index (χ4n) is 0.938. The Morgan fingerprint density at radius 2 is 2.29 bits per heavy atom. The number of carbonyl (C=O) groups excluding carboxylic acids is 1. The fraction of sp³-hybridized carbons (Fsp3) is 0.222. The van der Waals surface area contributed by atoms with Gasteiger partial charge in [0.1, 0.15) is 0 Å². The Labute approximate surface area is 95.2 Å². The molecule has 0 heterocycles. The molecular formula is C9H9BrClNO2.